The van der Waals surface area contributed by atoms with Crippen molar-refractivity contribution in [3.63, 3.8) is 0 Å². The van der Waals surface area contributed by atoms with Crippen molar-refractivity contribution < 1.29 is 14.3 Å². The number of carbonyl (C=O) groups excluding carboxylic acids is 2. The Balaban J connectivity index is 1.13. The van der Waals surface area contributed by atoms with Gasteiger partial charge in [-0.3, -0.25) is 9.59 Å². The Labute approximate surface area is 205 Å². The Hall–Kier alpha value is -3.52. The molecular formula is C27H31N5O3. The van der Waals surface area contributed by atoms with Crippen LogP contribution < -0.4 is 5.32 Å². The molecule has 1 N–H and O–H groups in total. The Bertz CT molecular complexity index is 1170. The van der Waals surface area contributed by atoms with E-state index in [1.54, 1.807) is 9.58 Å². The fourth-order valence-electron chi connectivity index (χ4n) is 4.77. The van der Waals surface area contributed by atoms with Gasteiger partial charge in [-0.15, -0.1) is 5.10 Å². The molecule has 3 aromatic rings. The number of benzene rings is 2. The number of carbonyl (C=O) groups is 2. The fourth-order valence-corrected chi connectivity index (χ4v) is 4.77. The highest BCUT2D eigenvalue weighted by molar-refractivity contribution is 5.93. The summed E-state index contributed by atoms with van der Waals surface area (Å²) in [5.41, 5.74) is 4.58. The third-order valence-electron chi connectivity index (χ3n) is 6.96. The zero-order valence-electron chi connectivity index (χ0n) is 20.0. The van der Waals surface area contributed by atoms with Gasteiger partial charge in [-0.05, 0) is 37.3 Å². The van der Waals surface area contributed by atoms with E-state index in [0.717, 1.165) is 17.7 Å². The van der Waals surface area contributed by atoms with Crippen LogP contribution in [0.5, 0.6) is 0 Å². The van der Waals surface area contributed by atoms with Crippen molar-refractivity contribution in [2.45, 2.75) is 45.4 Å². The molecule has 0 radical (unpaired) electrons. The van der Waals surface area contributed by atoms with Gasteiger partial charge in [0.15, 0.2) is 5.69 Å². The van der Waals surface area contributed by atoms with Crippen LogP contribution >= 0.6 is 0 Å². The maximum atomic E-state index is 13.2. The average molecular weight is 474 g/mol. The number of aromatic nitrogens is 3. The van der Waals surface area contributed by atoms with Gasteiger partial charge in [-0.1, -0.05) is 65.4 Å². The number of rotatable bonds is 6. The molecule has 1 aromatic heterocycles. The minimum Gasteiger partial charge on any atom is -0.365 e. The number of likely N-dealkylation sites (tertiary alicyclic amines) is 1. The molecule has 0 bridgehead atoms. The third kappa shape index (κ3) is 5.27. The molecule has 3 heterocycles. The van der Waals surface area contributed by atoms with Crippen LogP contribution in [0.3, 0.4) is 0 Å². The lowest BCUT2D eigenvalue weighted by molar-refractivity contribution is -0.126. The summed E-state index contributed by atoms with van der Waals surface area (Å²) in [6.45, 7) is 4.58. The summed E-state index contributed by atoms with van der Waals surface area (Å²) in [4.78, 5) is 27.6. The van der Waals surface area contributed by atoms with E-state index in [4.69, 9.17) is 4.74 Å². The first kappa shape index (κ1) is 23.2. The first-order chi connectivity index (χ1) is 17.1. The van der Waals surface area contributed by atoms with E-state index in [0.29, 0.717) is 51.3 Å². The number of nitrogens with zero attached hydrogens (tertiary/aromatic N) is 4. The summed E-state index contributed by atoms with van der Waals surface area (Å²) in [7, 11) is 0. The van der Waals surface area contributed by atoms with Gasteiger partial charge in [0.25, 0.3) is 5.91 Å². The van der Waals surface area contributed by atoms with E-state index in [2.05, 4.69) is 59.0 Å². The van der Waals surface area contributed by atoms with Crippen LogP contribution in [0.25, 0.3) is 0 Å². The summed E-state index contributed by atoms with van der Waals surface area (Å²) in [5.74, 6) is -0.126. The van der Waals surface area contributed by atoms with Crippen molar-refractivity contribution in [3.8, 4) is 0 Å². The lowest BCUT2D eigenvalue weighted by atomic mass is 9.95. The second kappa shape index (κ2) is 10.4. The molecule has 1 atom stereocenters. The second-order valence-corrected chi connectivity index (χ2v) is 9.37. The van der Waals surface area contributed by atoms with Crippen LogP contribution in [0.1, 0.15) is 51.8 Å². The predicted octanol–water partition coefficient (Wildman–Crippen LogP) is 3.07. The molecule has 0 saturated carbocycles. The minimum atomic E-state index is -0.133. The van der Waals surface area contributed by atoms with Crippen molar-refractivity contribution in [3.05, 3.63) is 82.7 Å². The highest BCUT2D eigenvalue weighted by Crippen LogP contribution is 2.28. The second-order valence-electron chi connectivity index (χ2n) is 9.37. The zero-order chi connectivity index (χ0) is 24.2. The maximum Gasteiger partial charge on any atom is 0.276 e. The quantitative estimate of drug-likeness (QED) is 0.594. The first-order valence-electron chi connectivity index (χ1n) is 12.3. The standard InChI is InChI=1S/C27H31N5O3/c1-19-7-9-21(10-8-19)24-17-32-23(18-35-24)25(29-30-32)27(34)31-15-12-22(13-16-31)26(33)28-14-11-20-5-3-2-4-6-20/h2-10,22,24H,11-18H2,1H3,(H,28,33). The molecule has 5 rings (SSSR count). The van der Waals surface area contributed by atoms with Crippen LogP contribution in [0.2, 0.25) is 0 Å². The van der Waals surface area contributed by atoms with Crippen LogP contribution in [0.15, 0.2) is 54.6 Å². The summed E-state index contributed by atoms with van der Waals surface area (Å²) in [6.07, 6.45) is 2.01. The molecule has 1 fully saturated rings. The number of nitrogens with one attached hydrogen (secondary N) is 1. The molecular weight excluding hydrogens is 442 g/mol. The summed E-state index contributed by atoms with van der Waals surface area (Å²) in [5, 5.41) is 11.5. The molecule has 8 nitrogen and oxygen atoms in total. The highest BCUT2D eigenvalue weighted by atomic mass is 16.5. The van der Waals surface area contributed by atoms with Crippen molar-refractivity contribution >= 4 is 11.8 Å². The smallest absolute Gasteiger partial charge is 0.276 e. The van der Waals surface area contributed by atoms with Crippen LogP contribution in [-0.4, -0.2) is 51.3 Å². The Morgan fingerprint density at radius 2 is 1.80 bits per heavy atom. The number of aryl methyl sites for hydroxylation is 1. The molecule has 2 aliphatic rings. The number of piperidine rings is 1. The highest BCUT2D eigenvalue weighted by Gasteiger charge is 2.33. The normalized spacial score (nSPS) is 18.2. The molecule has 1 saturated heterocycles. The van der Waals surface area contributed by atoms with Crippen LogP contribution in [0.4, 0.5) is 0 Å². The van der Waals surface area contributed by atoms with Gasteiger partial charge in [-0.25, -0.2) is 4.68 Å². The van der Waals surface area contributed by atoms with E-state index < -0.39 is 0 Å². The van der Waals surface area contributed by atoms with Gasteiger partial charge in [0, 0.05) is 25.6 Å². The molecule has 0 spiro atoms. The third-order valence-corrected chi connectivity index (χ3v) is 6.96. The fraction of sp³-hybridized carbons (Fsp3) is 0.407. The van der Waals surface area contributed by atoms with Crippen molar-refractivity contribution in [1.29, 1.82) is 0 Å². The van der Waals surface area contributed by atoms with Gasteiger partial charge in [0.05, 0.1) is 18.8 Å². The van der Waals surface area contributed by atoms with E-state index in [9.17, 15) is 9.59 Å². The van der Waals surface area contributed by atoms with Crippen molar-refractivity contribution in [2.24, 2.45) is 5.92 Å². The Morgan fingerprint density at radius 3 is 2.54 bits per heavy atom. The lowest BCUT2D eigenvalue weighted by Crippen LogP contribution is -2.43. The maximum absolute atomic E-state index is 13.2. The monoisotopic (exact) mass is 473 g/mol. The summed E-state index contributed by atoms with van der Waals surface area (Å²) >= 11 is 0. The van der Waals surface area contributed by atoms with Gasteiger partial charge in [-0.2, -0.15) is 0 Å². The van der Waals surface area contributed by atoms with E-state index in [1.165, 1.54) is 11.1 Å². The molecule has 1 unspecified atom stereocenters. The largest absolute Gasteiger partial charge is 0.365 e. The first-order valence-corrected chi connectivity index (χ1v) is 12.3. The lowest BCUT2D eigenvalue weighted by Gasteiger charge is -2.31. The molecule has 0 aliphatic carbocycles. The van der Waals surface area contributed by atoms with Crippen molar-refractivity contribution in [2.75, 3.05) is 19.6 Å². The number of amides is 2. The number of fused-ring (bicyclic) bond motifs is 1. The molecule has 2 amide bonds. The van der Waals surface area contributed by atoms with Crippen LogP contribution in [0, 0.1) is 12.8 Å². The number of hydrogen-bond acceptors (Lipinski definition) is 5. The SMILES string of the molecule is Cc1ccc(C2Cn3nnc(C(=O)N4CCC(C(=O)NCCc5ccccc5)CC4)c3CO2)cc1. The van der Waals surface area contributed by atoms with E-state index in [-0.39, 0.29) is 23.8 Å². The molecule has 182 valence electrons. The molecule has 2 aliphatic heterocycles. The number of hydrogen-bond donors (Lipinski definition) is 1. The van der Waals surface area contributed by atoms with Gasteiger partial charge in [0.1, 0.15) is 6.10 Å². The van der Waals surface area contributed by atoms with Gasteiger partial charge < -0.3 is 15.0 Å². The predicted molar refractivity (Wildman–Crippen MR) is 131 cm³/mol. The van der Waals surface area contributed by atoms with E-state index >= 15 is 0 Å². The topological polar surface area (TPSA) is 89.4 Å². The van der Waals surface area contributed by atoms with E-state index in [1.807, 2.05) is 18.2 Å². The Kier molecular flexibility index (Phi) is 6.90. The van der Waals surface area contributed by atoms with Crippen molar-refractivity contribution in [1.82, 2.24) is 25.2 Å². The van der Waals surface area contributed by atoms with Gasteiger partial charge in [0.2, 0.25) is 5.91 Å². The molecule has 2 aromatic carbocycles. The zero-order valence-corrected chi connectivity index (χ0v) is 20.0. The summed E-state index contributed by atoms with van der Waals surface area (Å²) in [6, 6.07) is 18.4. The summed E-state index contributed by atoms with van der Waals surface area (Å²) < 4.78 is 7.85. The average Bonchev–Trinajstić information content (AvgIpc) is 3.33. The van der Waals surface area contributed by atoms with Gasteiger partial charge >= 0.3 is 0 Å². The molecule has 35 heavy (non-hydrogen) atoms. The van der Waals surface area contributed by atoms with Crippen LogP contribution in [-0.2, 0) is 29.1 Å². The number of ether oxygens (including phenoxy) is 1. The minimum absolute atomic E-state index is 0.0672. The molecule has 8 heteroatoms. The Morgan fingerprint density at radius 1 is 1.06 bits per heavy atom.